The molecule has 0 saturated heterocycles. The van der Waals surface area contributed by atoms with Crippen LogP contribution in [-0.4, -0.2) is 29.8 Å². The Morgan fingerprint density at radius 3 is 2.73 bits per heavy atom. The highest BCUT2D eigenvalue weighted by atomic mass is 32.2. The van der Waals surface area contributed by atoms with Gasteiger partial charge in [-0.25, -0.2) is 13.1 Å². The fourth-order valence-electron chi connectivity index (χ4n) is 3.41. The lowest BCUT2D eigenvalue weighted by Crippen LogP contribution is -2.26. The van der Waals surface area contributed by atoms with E-state index in [-0.39, 0.29) is 11.4 Å². The molecule has 0 bridgehead atoms. The van der Waals surface area contributed by atoms with Crippen molar-refractivity contribution in [2.24, 2.45) is 0 Å². The van der Waals surface area contributed by atoms with Crippen molar-refractivity contribution in [1.82, 2.24) is 19.5 Å². The molecular weight excluding hydrogens is 352 g/mol. The van der Waals surface area contributed by atoms with Gasteiger partial charge in [-0.2, -0.15) is 0 Å². The van der Waals surface area contributed by atoms with E-state index in [1.165, 1.54) is 19.3 Å². The number of sulfonamides is 1. The third-order valence-corrected chi connectivity index (χ3v) is 6.19. The summed E-state index contributed by atoms with van der Waals surface area (Å²) in [6, 6.07) is 5.24. The Balaban J connectivity index is 1.71. The summed E-state index contributed by atoms with van der Waals surface area (Å²) in [5.41, 5.74) is 0.792. The Kier molecular flexibility index (Phi) is 5.93. The minimum atomic E-state index is -3.62. The molecule has 1 heterocycles. The van der Waals surface area contributed by atoms with Gasteiger partial charge in [0.15, 0.2) is 0 Å². The molecule has 1 aromatic heterocycles. The Hall–Kier alpha value is -1.93. The maximum Gasteiger partial charge on any atom is 0.240 e. The van der Waals surface area contributed by atoms with Crippen molar-refractivity contribution in [1.29, 1.82) is 0 Å². The van der Waals surface area contributed by atoms with Crippen molar-refractivity contribution >= 4 is 10.0 Å². The number of aryl methyl sites for hydroxylation is 1. The second kappa shape index (κ2) is 8.18. The first-order valence-corrected chi connectivity index (χ1v) is 10.6. The van der Waals surface area contributed by atoms with Crippen LogP contribution in [0.1, 0.15) is 56.5 Å². The summed E-state index contributed by atoms with van der Waals surface area (Å²) in [6.07, 6.45) is 7.54. The normalized spacial score (nSPS) is 15.9. The first-order chi connectivity index (χ1) is 12.5. The van der Waals surface area contributed by atoms with Gasteiger partial charge in [0.25, 0.3) is 0 Å². The highest BCUT2D eigenvalue weighted by molar-refractivity contribution is 7.89. The largest absolute Gasteiger partial charge is 0.494 e. The molecule has 0 atom stereocenters. The lowest BCUT2D eigenvalue weighted by Gasteiger charge is -2.24. The maximum absolute atomic E-state index is 12.6. The molecule has 7 nitrogen and oxygen atoms in total. The van der Waals surface area contributed by atoms with Gasteiger partial charge in [-0.15, -0.1) is 10.2 Å². The Morgan fingerprint density at radius 1 is 1.27 bits per heavy atom. The summed E-state index contributed by atoms with van der Waals surface area (Å²) in [7, 11) is -3.62. The van der Waals surface area contributed by atoms with Gasteiger partial charge in [0.2, 0.25) is 10.0 Å². The fourth-order valence-corrected chi connectivity index (χ4v) is 4.47. The van der Waals surface area contributed by atoms with Gasteiger partial charge in [0.1, 0.15) is 17.9 Å². The lowest BCUT2D eigenvalue weighted by molar-refractivity contribution is 0.337. The van der Waals surface area contributed by atoms with Crippen LogP contribution in [-0.2, 0) is 16.6 Å². The summed E-state index contributed by atoms with van der Waals surface area (Å²) in [6.45, 7) is 4.41. The number of benzene rings is 1. The summed E-state index contributed by atoms with van der Waals surface area (Å²) in [4.78, 5) is 0.224. The lowest BCUT2D eigenvalue weighted by atomic mass is 9.95. The van der Waals surface area contributed by atoms with Crippen molar-refractivity contribution in [2.75, 3.05) is 6.61 Å². The zero-order valence-electron chi connectivity index (χ0n) is 15.3. The third-order valence-electron chi connectivity index (χ3n) is 4.79. The second-order valence-corrected chi connectivity index (χ2v) is 8.40. The molecule has 142 valence electrons. The van der Waals surface area contributed by atoms with Gasteiger partial charge in [-0.1, -0.05) is 19.3 Å². The number of hydrogen-bond acceptors (Lipinski definition) is 5. The number of nitrogens with one attached hydrogen (secondary N) is 1. The van der Waals surface area contributed by atoms with Gasteiger partial charge in [-0.3, -0.25) is 0 Å². The third kappa shape index (κ3) is 4.24. The maximum atomic E-state index is 12.6. The smallest absolute Gasteiger partial charge is 0.240 e. The monoisotopic (exact) mass is 378 g/mol. The molecule has 0 amide bonds. The molecule has 0 aliphatic heterocycles. The van der Waals surface area contributed by atoms with Crippen molar-refractivity contribution in [3.63, 3.8) is 0 Å². The first kappa shape index (κ1) is 18.8. The molecule has 0 radical (unpaired) electrons. The summed E-state index contributed by atoms with van der Waals surface area (Å²) in [5, 5.41) is 8.09. The number of rotatable bonds is 7. The van der Waals surface area contributed by atoms with E-state index < -0.39 is 10.0 Å². The zero-order valence-corrected chi connectivity index (χ0v) is 16.1. The summed E-state index contributed by atoms with van der Waals surface area (Å²) in [5.74, 6) is 1.35. The molecule has 1 N–H and O–H groups in total. The standard InChI is InChI=1S/C18H26N4O3S/c1-3-25-17-10-9-16(11-14(17)2)26(23,24)20-12-18-21-19-13-22(18)15-7-5-4-6-8-15/h9-11,13,15,20H,3-8,12H2,1-2H3. The molecule has 0 spiro atoms. The van der Waals surface area contributed by atoms with Crippen LogP contribution < -0.4 is 9.46 Å². The van der Waals surface area contributed by atoms with Crippen LogP contribution in [0, 0.1) is 6.92 Å². The predicted molar refractivity (Wildman–Crippen MR) is 98.5 cm³/mol. The van der Waals surface area contributed by atoms with E-state index in [0.29, 0.717) is 24.2 Å². The molecule has 26 heavy (non-hydrogen) atoms. The van der Waals surface area contributed by atoms with Gasteiger partial charge in [-0.05, 0) is 50.5 Å². The Labute approximate surface area is 154 Å². The predicted octanol–water partition coefficient (Wildman–Crippen LogP) is 2.97. The average Bonchev–Trinajstić information content (AvgIpc) is 3.11. The van der Waals surface area contributed by atoms with E-state index in [9.17, 15) is 8.42 Å². The van der Waals surface area contributed by atoms with Crippen LogP contribution in [0.5, 0.6) is 5.75 Å². The molecule has 1 fully saturated rings. The Bertz CT molecular complexity index is 842. The van der Waals surface area contributed by atoms with E-state index >= 15 is 0 Å². The molecule has 1 saturated carbocycles. The van der Waals surface area contributed by atoms with E-state index in [2.05, 4.69) is 14.9 Å². The first-order valence-electron chi connectivity index (χ1n) is 9.12. The van der Waals surface area contributed by atoms with Gasteiger partial charge < -0.3 is 9.30 Å². The van der Waals surface area contributed by atoms with Crippen LogP contribution >= 0.6 is 0 Å². The average molecular weight is 378 g/mol. The van der Waals surface area contributed by atoms with Crippen LogP contribution in [0.3, 0.4) is 0 Å². The van der Waals surface area contributed by atoms with E-state index in [1.807, 2.05) is 18.4 Å². The van der Waals surface area contributed by atoms with E-state index in [4.69, 9.17) is 4.74 Å². The number of ether oxygens (including phenoxy) is 1. The molecule has 1 aromatic carbocycles. The van der Waals surface area contributed by atoms with Gasteiger partial charge in [0.05, 0.1) is 18.0 Å². The minimum absolute atomic E-state index is 0.130. The summed E-state index contributed by atoms with van der Waals surface area (Å²) >= 11 is 0. The van der Waals surface area contributed by atoms with Crippen molar-refractivity contribution in [3.8, 4) is 5.75 Å². The molecule has 1 aliphatic rings. The van der Waals surface area contributed by atoms with Crippen molar-refractivity contribution < 1.29 is 13.2 Å². The summed E-state index contributed by atoms with van der Waals surface area (Å²) < 4.78 is 35.4. The van der Waals surface area contributed by atoms with E-state index in [0.717, 1.165) is 18.4 Å². The molecule has 8 heteroatoms. The molecular formula is C18H26N4O3S. The van der Waals surface area contributed by atoms with Crippen LogP contribution in [0.15, 0.2) is 29.4 Å². The van der Waals surface area contributed by atoms with Crippen LogP contribution in [0.25, 0.3) is 0 Å². The minimum Gasteiger partial charge on any atom is -0.494 e. The van der Waals surface area contributed by atoms with Gasteiger partial charge >= 0.3 is 0 Å². The molecule has 0 unspecified atom stereocenters. The molecule has 3 rings (SSSR count). The quantitative estimate of drug-likeness (QED) is 0.800. The molecule has 2 aromatic rings. The fraction of sp³-hybridized carbons (Fsp3) is 0.556. The van der Waals surface area contributed by atoms with Crippen LogP contribution in [0.2, 0.25) is 0 Å². The van der Waals surface area contributed by atoms with E-state index in [1.54, 1.807) is 24.5 Å². The highest BCUT2D eigenvalue weighted by Crippen LogP contribution is 2.28. The number of hydrogen-bond donors (Lipinski definition) is 1. The number of nitrogens with zero attached hydrogens (tertiary/aromatic N) is 3. The molecule has 1 aliphatic carbocycles. The number of aromatic nitrogens is 3. The zero-order chi connectivity index (χ0) is 18.6. The Morgan fingerprint density at radius 2 is 2.04 bits per heavy atom. The topological polar surface area (TPSA) is 86.1 Å². The second-order valence-electron chi connectivity index (χ2n) is 6.63. The van der Waals surface area contributed by atoms with Crippen molar-refractivity contribution in [3.05, 3.63) is 35.9 Å². The van der Waals surface area contributed by atoms with Crippen molar-refractivity contribution in [2.45, 2.75) is 63.4 Å². The highest BCUT2D eigenvalue weighted by Gasteiger charge is 2.21. The van der Waals surface area contributed by atoms with Crippen LogP contribution in [0.4, 0.5) is 0 Å². The van der Waals surface area contributed by atoms with Gasteiger partial charge in [0, 0.05) is 6.04 Å². The SMILES string of the molecule is CCOc1ccc(S(=O)(=O)NCc2nncn2C2CCCCC2)cc1C.